The molecular formula is C18H23NO. The van der Waals surface area contributed by atoms with Crippen LogP contribution in [0.15, 0.2) is 54.6 Å². The third kappa shape index (κ3) is 4.10. The third-order valence-electron chi connectivity index (χ3n) is 3.56. The van der Waals surface area contributed by atoms with E-state index in [0.29, 0.717) is 5.92 Å². The molecule has 0 aliphatic heterocycles. The summed E-state index contributed by atoms with van der Waals surface area (Å²) in [6, 6.07) is 19.1. The molecule has 2 rings (SSSR count). The molecule has 0 aromatic heterocycles. The van der Waals surface area contributed by atoms with Crippen LogP contribution in [0.4, 0.5) is 5.69 Å². The highest BCUT2D eigenvalue weighted by Crippen LogP contribution is 2.19. The van der Waals surface area contributed by atoms with Crippen molar-refractivity contribution in [1.82, 2.24) is 0 Å². The van der Waals surface area contributed by atoms with Crippen molar-refractivity contribution in [2.24, 2.45) is 0 Å². The van der Waals surface area contributed by atoms with Gasteiger partial charge < -0.3 is 10.1 Å². The predicted molar refractivity (Wildman–Crippen MR) is 85.4 cm³/mol. The van der Waals surface area contributed by atoms with Gasteiger partial charge >= 0.3 is 0 Å². The molecule has 2 aromatic carbocycles. The van der Waals surface area contributed by atoms with Crippen molar-refractivity contribution < 1.29 is 4.74 Å². The SMILES string of the molecule is COCCc1ccccc1NCC(C)c1ccccc1. The number of anilines is 1. The molecule has 2 aromatic rings. The zero-order chi connectivity index (χ0) is 14.2. The molecule has 1 N–H and O–H groups in total. The summed E-state index contributed by atoms with van der Waals surface area (Å²) in [5.74, 6) is 0.492. The zero-order valence-electron chi connectivity index (χ0n) is 12.3. The molecule has 0 aliphatic rings. The Hall–Kier alpha value is -1.80. The number of ether oxygens (including phenoxy) is 1. The quantitative estimate of drug-likeness (QED) is 0.817. The first kappa shape index (κ1) is 14.6. The van der Waals surface area contributed by atoms with E-state index in [0.717, 1.165) is 19.6 Å². The largest absolute Gasteiger partial charge is 0.384 e. The van der Waals surface area contributed by atoms with Crippen LogP contribution < -0.4 is 5.32 Å². The van der Waals surface area contributed by atoms with Crippen molar-refractivity contribution >= 4 is 5.69 Å². The number of hydrogen-bond donors (Lipinski definition) is 1. The van der Waals surface area contributed by atoms with Gasteiger partial charge in [0.1, 0.15) is 0 Å². The first-order valence-electron chi connectivity index (χ1n) is 7.17. The summed E-state index contributed by atoms with van der Waals surface area (Å²) in [5.41, 5.74) is 3.90. The van der Waals surface area contributed by atoms with Gasteiger partial charge in [-0.05, 0) is 29.5 Å². The summed E-state index contributed by atoms with van der Waals surface area (Å²) in [6.07, 6.45) is 0.944. The number of benzene rings is 2. The third-order valence-corrected chi connectivity index (χ3v) is 3.56. The van der Waals surface area contributed by atoms with Gasteiger partial charge in [-0.25, -0.2) is 0 Å². The average molecular weight is 269 g/mol. The number of hydrogen-bond acceptors (Lipinski definition) is 2. The van der Waals surface area contributed by atoms with Crippen molar-refractivity contribution in [1.29, 1.82) is 0 Å². The fraction of sp³-hybridized carbons (Fsp3) is 0.333. The van der Waals surface area contributed by atoms with E-state index >= 15 is 0 Å². The Kier molecular flexibility index (Phi) is 5.63. The molecule has 0 amide bonds. The van der Waals surface area contributed by atoms with Crippen LogP contribution in [0.1, 0.15) is 24.0 Å². The van der Waals surface area contributed by atoms with Gasteiger partial charge in [0.2, 0.25) is 0 Å². The van der Waals surface area contributed by atoms with Crippen molar-refractivity contribution in [2.75, 3.05) is 25.6 Å². The number of methoxy groups -OCH3 is 1. The molecule has 0 aliphatic carbocycles. The predicted octanol–water partition coefficient (Wildman–Crippen LogP) is 4.09. The Balaban J connectivity index is 1.96. The van der Waals surface area contributed by atoms with Gasteiger partial charge in [-0.3, -0.25) is 0 Å². The molecule has 1 unspecified atom stereocenters. The van der Waals surface area contributed by atoms with Crippen LogP contribution in [-0.2, 0) is 11.2 Å². The van der Waals surface area contributed by atoms with E-state index in [9.17, 15) is 0 Å². The molecule has 1 atom stereocenters. The molecule has 0 bridgehead atoms. The number of nitrogens with one attached hydrogen (secondary N) is 1. The molecule has 0 fully saturated rings. The molecule has 0 heterocycles. The van der Waals surface area contributed by atoms with Crippen LogP contribution in [0.5, 0.6) is 0 Å². The van der Waals surface area contributed by atoms with Gasteiger partial charge in [-0.1, -0.05) is 55.5 Å². The summed E-state index contributed by atoms with van der Waals surface area (Å²) >= 11 is 0. The maximum absolute atomic E-state index is 5.17. The smallest absolute Gasteiger partial charge is 0.0503 e. The molecular weight excluding hydrogens is 246 g/mol. The molecule has 2 nitrogen and oxygen atoms in total. The Labute approximate surface area is 121 Å². The van der Waals surface area contributed by atoms with E-state index in [-0.39, 0.29) is 0 Å². The standard InChI is InChI=1S/C18H23NO/c1-15(16-8-4-3-5-9-16)14-19-18-11-7-6-10-17(18)12-13-20-2/h3-11,15,19H,12-14H2,1-2H3. The Bertz CT molecular complexity index is 510. The molecule has 0 radical (unpaired) electrons. The molecule has 20 heavy (non-hydrogen) atoms. The van der Waals surface area contributed by atoms with E-state index in [4.69, 9.17) is 4.74 Å². The van der Waals surface area contributed by atoms with Crippen LogP contribution in [0.2, 0.25) is 0 Å². The van der Waals surface area contributed by atoms with Gasteiger partial charge in [-0.2, -0.15) is 0 Å². The number of para-hydroxylation sites is 1. The Morgan fingerprint density at radius 3 is 2.45 bits per heavy atom. The first-order valence-corrected chi connectivity index (χ1v) is 7.17. The lowest BCUT2D eigenvalue weighted by Gasteiger charge is -2.16. The summed E-state index contributed by atoms with van der Waals surface area (Å²) in [6.45, 7) is 3.95. The lowest BCUT2D eigenvalue weighted by molar-refractivity contribution is 0.202. The maximum Gasteiger partial charge on any atom is 0.0503 e. The minimum Gasteiger partial charge on any atom is -0.384 e. The summed E-state index contributed by atoms with van der Waals surface area (Å²) < 4.78 is 5.17. The fourth-order valence-corrected chi connectivity index (χ4v) is 2.29. The Morgan fingerprint density at radius 1 is 1.00 bits per heavy atom. The second-order valence-corrected chi connectivity index (χ2v) is 5.09. The topological polar surface area (TPSA) is 21.3 Å². The normalized spacial score (nSPS) is 12.1. The van der Waals surface area contributed by atoms with Crippen molar-refractivity contribution in [3.05, 3.63) is 65.7 Å². The van der Waals surface area contributed by atoms with Crippen LogP contribution in [0, 0.1) is 0 Å². The van der Waals surface area contributed by atoms with Gasteiger partial charge in [0.25, 0.3) is 0 Å². The van der Waals surface area contributed by atoms with Crippen molar-refractivity contribution in [3.63, 3.8) is 0 Å². The Morgan fingerprint density at radius 2 is 1.70 bits per heavy atom. The van der Waals surface area contributed by atoms with Crippen LogP contribution in [0.3, 0.4) is 0 Å². The van der Waals surface area contributed by atoms with E-state index in [2.05, 4.69) is 66.8 Å². The number of rotatable bonds is 7. The lowest BCUT2D eigenvalue weighted by atomic mass is 10.0. The minimum atomic E-state index is 0.492. The second-order valence-electron chi connectivity index (χ2n) is 5.09. The molecule has 0 saturated carbocycles. The molecule has 106 valence electrons. The fourth-order valence-electron chi connectivity index (χ4n) is 2.29. The van der Waals surface area contributed by atoms with E-state index in [1.54, 1.807) is 7.11 Å². The van der Waals surface area contributed by atoms with Crippen LogP contribution in [0.25, 0.3) is 0 Å². The average Bonchev–Trinajstić information content (AvgIpc) is 2.52. The zero-order valence-corrected chi connectivity index (χ0v) is 12.3. The highest BCUT2D eigenvalue weighted by molar-refractivity contribution is 5.51. The molecule has 2 heteroatoms. The monoisotopic (exact) mass is 269 g/mol. The summed E-state index contributed by atoms with van der Waals surface area (Å²) in [7, 11) is 1.74. The molecule has 0 spiro atoms. The van der Waals surface area contributed by atoms with E-state index in [1.807, 2.05) is 0 Å². The first-order chi connectivity index (χ1) is 9.81. The summed E-state index contributed by atoms with van der Waals surface area (Å²) in [5, 5.41) is 3.56. The second kappa shape index (κ2) is 7.71. The lowest BCUT2D eigenvalue weighted by Crippen LogP contribution is -2.11. The highest BCUT2D eigenvalue weighted by Gasteiger charge is 2.06. The minimum absolute atomic E-state index is 0.492. The maximum atomic E-state index is 5.17. The summed E-state index contributed by atoms with van der Waals surface area (Å²) in [4.78, 5) is 0. The van der Waals surface area contributed by atoms with Gasteiger partial charge in [-0.15, -0.1) is 0 Å². The van der Waals surface area contributed by atoms with Gasteiger partial charge in [0, 0.05) is 19.3 Å². The highest BCUT2D eigenvalue weighted by atomic mass is 16.5. The van der Waals surface area contributed by atoms with Crippen LogP contribution >= 0.6 is 0 Å². The van der Waals surface area contributed by atoms with E-state index < -0.39 is 0 Å². The van der Waals surface area contributed by atoms with Crippen molar-refractivity contribution in [3.8, 4) is 0 Å². The van der Waals surface area contributed by atoms with E-state index in [1.165, 1.54) is 16.8 Å². The van der Waals surface area contributed by atoms with Crippen molar-refractivity contribution in [2.45, 2.75) is 19.3 Å². The van der Waals surface area contributed by atoms with Gasteiger partial charge in [0.15, 0.2) is 0 Å². The molecule has 0 saturated heterocycles. The van der Waals surface area contributed by atoms with Gasteiger partial charge in [0.05, 0.1) is 6.61 Å². The van der Waals surface area contributed by atoms with Crippen LogP contribution in [-0.4, -0.2) is 20.3 Å².